The monoisotopic (exact) mass is 322 g/mol. The molecule has 0 aromatic heterocycles. The molecule has 2 rings (SSSR count). The van der Waals surface area contributed by atoms with Crippen molar-refractivity contribution in [2.45, 2.75) is 61.6 Å². The van der Waals surface area contributed by atoms with Crippen molar-refractivity contribution in [3.05, 3.63) is 34.4 Å². The molecule has 120 valence electrons. The largest absolute Gasteiger partial charge is 0.352 e. The highest BCUT2D eigenvalue weighted by Gasteiger charge is 2.20. The smallest absolute Gasteiger partial charge is 0.269 e. The topological polar surface area (TPSA) is 72.2 Å². The highest BCUT2D eigenvalue weighted by molar-refractivity contribution is 8.00. The molecule has 0 heterocycles. The quantitative estimate of drug-likeness (QED) is 0.386. The number of hydrogen-bond donors (Lipinski definition) is 1. The molecule has 22 heavy (non-hydrogen) atoms. The van der Waals surface area contributed by atoms with Gasteiger partial charge in [-0.3, -0.25) is 14.9 Å². The highest BCUT2D eigenvalue weighted by atomic mass is 32.2. The van der Waals surface area contributed by atoms with Gasteiger partial charge in [-0.05, 0) is 31.9 Å². The Hall–Kier alpha value is -1.56. The van der Waals surface area contributed by atoms with Crippen LogP contribution in [0, 0.1) is 10.1 Å². The van der Waals surface area contributed by atoms with Gasteiger partial charge in [0.15, 0.2) is 0 Å². The fraction of sp³-hybridized carbons (Fsp3) is 0.562. The van der Waals surface area contributed by atoms with Crippen LogP contribution >= 0.6 is 11.8 Å². The Bertz CT molecular complexity index is 511. The van der Waals surface area contributed by atoms with Gasteiger partial charge >= 0.3 is 0 Å². The summed E-state index contributed by atoms with van der Waals surface area (Å²) in [5.74, 6) is 0.0512. The Morgan fingerprint density at radius 3 is 2.36 bits per heavy atom. The molecule has 0 bridgehead atoms. The van der Waals surface area contributed by atoms with Gasteiger partial charge in [0, 0.05) is 23.1 Å². The summed E-state index contributed by atoms with van der Waals surface area (Å²) >= 11 is 1.43. The van der Waals surface area contributed by atoms with Crippen LogP contribution in [-0.2, 0) is 4.79 Å². The normalized spacial score (nSPS) is 17.5. The number of nitrogens with one attached hydrogen (secondary N) is 1. The molecule has 0 aliphatic heterocycles. The van der Waals surface area contributed by atoms with Crippen LogP contribution in [0.25, 0.3) is 0 Å². The molecule has 0 radical (unpaired) electrons. The van der Waals surface area contributed by atoms with Gasteiger partial charge in [0.1, 0.15) is 0 Å². The summed E-state index contributed by atoms with van der Waals surface area (Å²) < 4.78 is 0. The summed E-state index contributed by atoms with van der Waals surface area (Å²) in [5.41, 5.74) is 0.0694. The van der Waals surface area contributed by atoms with Crippen molar-refractivity contribution in [3.8, 4) is 0 Å². The molecule has 1 unspecified atom stereocenters. The second kappa shape index (κ2) is 8.17. The Morgan fingerprint density at radius 1 is 1.23 bits per heavy atom. The molecule has 1 atom stereocenters. The van der Waals surface area contributed by atoms with E-state index >= 15 is 0 Å². The van der Waals surface area contributed by atoms with Crippen LogP contribution in [-0.4, -0.2) is 22.1 Å². The number of amides is 1. The first-order chi connectivity index (χ1) is 10.6. The predicted octanol–water partition coefficient (Wildman–Crippen LogP) is 3.91. The Labute approximate surface area is 135 Å². The molecular weight excluding hydrogens is 300 g/mol. The number of hydrogen-bond acceptors (Lipinski definition) is 4. The van der Waals surface area contributed by atoms with Crippen molar-refractivity contribution in [2.75, 3.05) is 0 Å². The van der Waals surface area contributed by atoms with E-state index in [-0.39, 0.29) is 16.8 Å². The van der Waals surface area contributed by atoms with Crippen molar-refractivity contribution in [1.82, 2.24) is 5.32 Å². The average molecular weight is 322 g/mol. The lowest BCUT2D eigenvalue weighted by atomic mass is 10.1. The zero-order chi connectivity index (χ0) is 15.9. The van der Waals surface area contributed by atoms with E-state index in [0.29, 0.717) is 6.04 Å². The van der Waals surface area contributed by atoms with E-state index in [0.717, 1.165) is 17.7 Å². The highest BCUT2D eigenvalue weighted by Crippen LogP contribution is 2.26. The Morgan fingerprint density at radius 2 is 1.82 bits per heavy atom. The summed E-state index contributed by atoms with van der Waals surface area (Å²) in [5, 5.41) is 13.6. The van der Waals surface area contributed by atoms with E-state index in [2.05, 4.69) is 5.32 Å². The number of nitro benzene ring substituents is 1. The first-order valence-corrected chi connectivity index (χ1v) is 8.65. The summed E-state index contributed by atoms with van der Waals surface area (Å²) in [6.45, 7) is 1.87. The van der Waals surface area contributed by atoms with Gasteiger partial charge < -0.3 is 5.32 Å². The third-order valence-electron chi connectivity index (χ3n) is 3.93. The molecule has 1 aliphatic carbocycles. The van der Waals surface area contributed by atoms with Gasteiger partial charge in [0.2, 0.25) is 5.91 Å². The van der Waals surface area contributed by atoms with Crippen LogP contribution < -0.4 is 5.32 Å². The number of thioether (sulfide) groups is 1. The van der Waals surface area contributed by atoms with Crippen molar-refractivity contribution in [2.24, 2.45) is 0 Å². The fourth-order valence-electron chi connectivity index (χ4n) is 2.65. The van der Waals surface area contributed by atoms with Crippen molar-refractivity contribution in [3.63, 3.8) is 0 Å². The molecule has 1 aliphatic rings. The third-order valence-corrected chi connectivity index (χ3v) is 5.04. The summed E-state index contributed by atoms with van der Waals surface area (Å²) in [6.07, 6.45) is 7.05. The first kappa shape index (κ1) is 16.8. The maximum Gasteiger partial charge on any atom is 0.269 e. The third kappa shape index (κ3) is 5.02. The predicted molar refractivity (Wildman–Crippen MR) is 88.0 cm³/mol. The Kier molecular flexibility index (Phi) is 6.24. The van der Waals surface area contributed by atoms with Gasteiger partial charge in [-0.15, -0.1) is 11.8 Å². The van der Waals surface area contributed by atoms with Crippen LogP contribution in [0.1, 0.15) is 45.4 Å². The van der Waals surface area contributed by atoms with E-state index in [9.17, 15) is 14.9 Å². The van der Waals surface area contributed by atoms with Gasteiger partial charge in [-0.1, -0.05) is 25.7 Å². The molecule has 1 saturated carbocycles. The number of nitro groups is 1. The van der Waals surface area contributed by atoms with Gasteiger partial charge in [-0.2, -0.15) is 0 Å². The molecule has 1 aromatic rings. The molecule has 1 N–H and O–H groups in total. The van der Waals surface area contributed by atoms with Crippen molar-refractivity contribution >= 4 is 23.4 Å². The number of carbonyl (C=O) groups is 1. The van der Waals surface area contributed by atoms with Gasteiger partial charge in [-0.25, -0.2) is 0 Å². The number of non-ortho nitro benzene ring substituents is 1. The molecular formula is C16H22N2O3S. The molecule has 6 heteroatoms. The lowest BCUT2D eigenvalue weighted by Gasteiger charge is -2.19. The number of rotatable bonds is 5. The van der Waals surface area contributed by atoms with Crippen LogP contribution in [0.3, 0.4) is 0 Å². The summed E-state index contributed by atoms with van der Waals surface area (Å²) in [4.78, 5) is 23.3. The molecule has 5 nitrogen and oxygen atoms in total. The number of nitrogens with zero attached hydrogens (tertiary/aromatic N) is 1. The molecule has 1 amide bonds. The minimum atomic E-state index is -0.420. The van der Waals surface area contributed by atoms with Crippen LogP contribution in [0.15, 0.2) is 29.2 Å². The zero-order valence-corrected chi connectivity index (χ0v) is 13.6. The van der Waals surface area contributed by atoms with E-state index < -0.39 is 4.92 Å². The Balaban J connectivity index is 1.86. The van der Waals surface area contributed by atoms with E-state index in [1.54, 1.807) is 12.1 Å². The van der Waals surface area contributed by atoms with Crippen LogP contribution in [0.4, 0.5) is 5.69 Å². The standard InChI is InChI=1S/C16H22N2O3S/c1-12(16(19)17-13-6-4-2-3-5-7-13)22-15-10-8-14(9-11-15)18(20)21/h8-13H,2-7H2,1H3,(H,17,19). The maximum absolute atomic E-state index is 12.3. The second-order valence-corrected chi connectivity index (χ2v) is 7.12. The minimum absolute atomic E-state index is 0.0512. The summed E-state index contributed by atoms with van der Waals surface area (Å²) in [7, 11) is 0. The average Bonchev–Trinajstić information content (AvgIpc) is 2.76. The fourth-order valence-corrected chi connectivity index (χ4v) is 3.52. The SMILES string of the molecule is CC(Sc1ccc([N+](=O)[O-])cc1)C(=O)NC1CCCCCC1. The maximum atomic E-state index is 12.3. The van der Waals surface area contributed by atoms with Gasteiger partial charge in [0.25, 0.3) is 5.69 Å². The molecule has 0 spiro atoms. The van der Waals surface area contributed by atoms with Gasteiger partial charge in [0.05, 0.1) is 10.2 Å². The lowest BCUT2D eigenvalue weighted by molar-refractivity contribution is -0.384. The number of benzene rings is 1. The van der Waals surface area contributed by atoms with Crippen molar-refractivity contribution in [1.29, 1.82) is 0 Å². The van der Waals surface area contributed by atoms with E-state index in [1.807, 2.05) is 6.92 Å². The van der Waals surface area contributed by atoms with Crippen molar-refractivity contribution < 1.29 is 9.72 Å². The first-order valence-electron chi connectivity index (χ1n) is 7.78. The molecule has 0 saturated heterocycles. The van der Waals surface area contributed by atoms with E-state index in [4.69, 9.17) is 0 Å². The minimum Gasteiger partial charge on any atom is -0.352 e. The summed E-state index contributed by atoms with van der Waals surface area (Å²) in [6, 6.07) is 6.63. The molecule has 1 fully saturated rings. The number of carbonyl (C=O) groups excluding carboxylic acids is 1. The van der Waals surface area contributed by atoms with E-state index in [1.165, 1.54) is 49.6 Å². The van der Waals surface area contributed by atoms with Crippen LogP contribution in [0.5, 0.6) is 0 Å². The second-order valence-electron chi connectivity index (χ2n) is 5.71. The lowest BCUT2D eigenvalue weighted by Crippen LogP contribution is -2.39. The van der Waals surface area contributed by atoms with Crippen LogP contribution in [0.2, 0.25) is 0 Å². The molecule has 1 aromatic carbocycles. The zero-order valence-electron chi connectivity index (χ0n) is 12.8.